The van der Waals surface area contributed by atoms with Crippen LogP contribution in [0.15, 0.2) is 82.7 Å². The summed E-state index contributed by atoms with van der Waals surface area (Å²) in [5, 5.41) is 8.35. The minimum absolute atomic E-state index is 0.0510. The van der Waals surface area contributed by atoms with Gasteiger partial charge in [0.15, 0.2) is 11.5 Å². The van der Waals surface area contributed by atoms with Gasteiger partial charge in [-0.25, -0.2) is 13.1 Å². The number of aromatic nitrogens is 3. The molecule has 33 heavy (non-hydrogen) atoms. The van der Waals surface area contributed by atoms with Gasteiger partial charge in [0, 0.05) is 5.56 Å². The quantitative estimate of drug-likeness (QED) is 0.365. The lowest BCUT2D eigenvalue weighted by atomic mass is 10.2. The molecule has 0 aliphatic rings. The molecule has 0 bridgehead atoms. The van der Waals surface area contributed by atoms with Crippen molar-refractivity contribution in [2.24, 2.45) is 0 Å². The third-order valence-corrected chi connectivity index (χ3v) is 6.72. The standard InChI is InChI=1S/C23H19N3O6S/c1-30-21-8-5-7-20(23(21)31-2)26-14-19(24-25-26)18-6-3-4-9-22(18)33(28,29)17-12-10-16(11-13-17)32-15-27/h3-15H,1-2H3. The van der Waals surface area contributed by atoms with Crippen LogP contribution in [0.4, 0.5) is 0 Å². The number of benzene rings is 3. The predicted octanol–water partition coefficient (Wildman–Crippen LogP) is 3.32. The average Bonchev–Trinajstić information content (AvgIpc) is 3.34. The Balaban J connectivity index is 1.77. The van der Waals surface area contributed by atoms with Crippen LogP contribution in [-0.4, -0.2) is 44.1 Å². The summed E-state index contributed by atoms with van der Waals surface area (Å²) in [5.41, 5.74) is 1.33. The Hall–Kier alpha value is -4.18. The van der Waals surface area contributed by atoms with Crippen LogP contribution in [0.3, 0.4) is 0 Å². The molecule has 0 spiro atoms. The Morgan fingerprint density at radius 3 is 2.36 bits per heavy atom. The molecular weight excluding hydrogens is 446 g/mol. The number of ether oxygens (including phenoxy) is 3. The first-order valence-corrected chi connectivity index (χ1v) is 11.2. The van der Waals surface area contributed by atoms with Crippen LogP contribution >= 0.6 is 0 Å². The lowest BCUT2D eigenvalue weighted by Crippen LogP contribution is -2.04. The molecule has 0 radical (unpaired) electrons. The van der Waals surface area contributed by atoms with E-state index in [-0.39, 0.29) is 22.0 Å². The second-order valence-electron chi connectivity index (χ2n) is 6.75. The van der Waals surface area contributed by atoms with Crippen molar-refractivity contribution in [3.63, 3.8) is 0 Å². The van der Waals surface area contributed by atoms with Crippen molar-refractivity contribution in [1.29, 1.82) is 0 Å². The van der Waals surface area contributed by atoms with Crippen molar-refractivity contribution in [2.45, 2.75) is 9.79 Å². The largest absolute Gasteiger partial charge is 0.493 e. The van der Waals surface area contributed by atoms with Gasteiger partial charge < -0.3 is 14.2 Å². The van der Waals surface area contributed by atoms with E-state index in [2.05, 4.69) is 10.3 Å². The van der Waals surface area contributed by atoms with E-state index in [0.29, 0.717) is 28.4 Å². The van der Waals surface area contributed by atoms with E-state index in [1.807, 2.05) is 0 Å². The molecule has 0 saturated heterocycles. The van der Waals surface area contributed by atoms with Crippen LogP contribution < -0.4 is 14.2 Å². The number of carbonyl (C=O) groups is 1. The third-order valence-electron chi connectivity index (χ3n) is 4.89. The summed E-state index contributed by atoms with van der Waals surface area (Å²) in [6, 6.07) is 17.4. The lowest BCUT2D eigenvalue weighted by molar-refractivity contribution is -0.120. The summed E-state index contributed by atoms with van der Waals surface area (Å²) in [6.45, 7) is 0.277. The van der Waals surface area contributed by atoms with Crippen molar-refractivity contribution in [1.82, 2.24) is 15.0 Å². The van der Waals surface area contributed by atoms with Gasteiger partial charge in [-0.15, -0.1) is 5.10 Å². The SMILES string of the molecule is COc1cccc(-n2cc(-c3ccccc3S(=O)(=O)c3ccc(OC=O)cc3)nn2)c1OC. The molecule has 0 aliphatic carbocycles. The minimum atomic E-state index is -3.89. The highest BCUT2D eigenvalue weighted by Gasteiger charge is 2.24. The number of hydrogen-bond donors (Lipinski definition) is 0. The first-order chi connectivity index (χ1) is 16.0. The van der Waals surface area contributed by atoms with E-state index in [9.17, 15) is 13.2 Å². The minimum Gasteiger partial charge on any atom is -0.493 e. The number of nitrogens with zero attached hydrogens (tertiary/aromatic N) is 3. The molecule has 0 atom stereocenters. The lowest BCUT2D eigenvalue weighted by Gasteiger charge is -2.11. The molecule has 0 fully saturated rings. The molecule has 0 amide bonds. The molecule has 0 aliphatic heterocycles. The molecule has 1 aromatic heterocycles. The van der Waals surface area contributed by atoms with Crippen LogP contribution in [-0.2, 0) is 14.6 Å². The summed E-state index contributed by atoms with van der Waals surface area (Å²) < 4.78 is 43.7. The average molecular weight is 465 g/mol. The fraction of sp³-hybridized carbons (Fsp3) is 0.0870. The topological polar surface area (TPSA) is 110 Å². The molecule has 0 N–H and O–H groups in total. The van der Waals surface area contributed by atoms with Gasteiger partial charge in [-0.2, -0.15) is 0 Å². The van der Waals surface area contributed by atoms with Crippen LogP contribution in [0.25, 0.3) is 16.9 Å². The number of hydrogen-bond acceptors (Lipinski definition) is 8. The zero-order chi connectivity index (χ0) is 23.4. The van der Waals surface area contributed by atoms with E-state index < -0.39 is 9.84 Å². The molecular formula is C23H19N3O6S. The van der Waals surface area contributed by atoms with Gasteiger partial charge in [-0.1, -0.05) is 29.5 Å². The fourth-order valence-corrected chi connectivity index (χ4v) is 4.82. The summed E-state index contributed by atoms with van der Waals surface area (Å²) >= 11 is 0. The molecule has 0 unspecified atom stereocenters. The molecule has 10 heteroatoms. The van der Waals surface area contributed by atoms with Gasteiger partial charge >= 0.3 is 0 Å². The molecule has 1 heterocycles. The van der Waals surface area contributed by atoms with E-state index in [1.54, 1.807) is 42.6 Å². The molecule has 3 aromatic carbocycles. The Morgan fingerprint density at radius 1 is 0.909 bits per heavy atom. The second kappa shape index (κ2) is 9.13. The van der Waals surface area contributed by atoms with E-state index in [0.717, 1.165) is 0 Å². The summed E-state index contributed by atoms with van der Waals surface area (Å²) in [4.78, 5) is 10.6. The summed E-state index contributed by atoms with van der Waals surface area (Å²) in [7, 11) is -0.839. The van der Waals surface area contributed by atoms with Gasteiger partial charge in [0.25, 0.3) is 6.47 Å². The van der Waals surface area contributed by atoms with Gasteiger partial charge in [-0.05, 0) is 42.5 Å². The maximum atomic E-state index is 13.4. The predicted molar refractivity (Wildman–Crippen MR) is 118 cm³/mol. The number of rotatable bonds is 8. The van der Waals surface area contributed by atoms with Gasteiger partial charge in [0.2, 0.25) is 9.84 Å². The second-order valence-corrected chi connectivity index (χ2v) is 8.66. The van der Waals surface area contributed by atoms with Gasteiger partial charge in [-0.3, -0.25) is 4.79 Å². The normalized spacial score (nSPS) is 11.1. The Kier molecular flexibility index (Phi) is 6.09. The molecule has 168 valence electrons. The first kappa shape index (κ1) is 22.0. The maximum absolute atomic E-state index is 13.4. The van der Waals surface area contributed by atoms with Crippen LogP contribution in [0.1, 0.15) is 0 Å². The molecule has 0 saturated carbocycles. The van der Waals surface area contributed by atoms with Gasteiger partial charge in [0.1, 0.15) is 17.1 Å². The highest BCUT2D eigenvalue weighted by atomic mass is 32.2. The number of para-hydroxylation sites is 1. The van der Waals surface area contributed by atoms with Crippen molar-refractivity contribution in [3.8, 4) is 34.2 Å². The van der Waals surface area contributed by atoms with Crippen LogP contribution in [0.5, 0.6) is 17.2 Å². The Labute approximate surface area is 190 Å². The number of carbonyl (C=O) groups excluding carboxylic acids is 1. The summed E-state index contributed by atoms with van der Waals surface area (Å²) in [6.07, 6.45) is 1.62. The van der Waals surface area contributed by atoms with E-state index >= 15 is 0 Å². The molecule has 9 nitrogen and oxygen atoms in total. The number of sulfone groups is 1. The first-order valence-electron chi connectivity index (χ1n) is 9.68. The van der Waals surface area contributed by atoms with Crippen LogP contribution in [0.2, 0.25) is 0 Å². The zero-order valence-corrected chi connectivity index (χ0v) is 18.5. The molecule has 4 aromatic rings. The third kappa shape index (κ3) is 4.15. The van der Waals surface area contributed by atoms with Gasteiger partial charge in [0.05, 0.1) is 30.2 Å². The van der Waals surface area contributed by atoms with Crippen LogP contribution in [0, 0.1) is 0 Å². The highest BCUT2D eigenvalue weighted by molar-refractivity contribution is 7.91. The monoisotopic (exact) mass is 465 g/mol. The Morgan fingerprint density at radius 2 is 1.67 bits per heavy atom. The van der Waals surface area contributed by atoms with Crippen molar-refractivity contribution in [3.05, 3.63) is 72.9 Å². The zero-order valence-electron chi connectivity index (χ0n) is 17.7. The smallest absolute Gasteiger partial charge is 0.298 e. The maximum Gasteiger partial charge on any atom is 0.298 e. The molecule has 4 rings (SSSR count). The van der Waals surface area contributed by atoms with Crippen molar-refractivity contribution in [2.75, 3.05) is 14.2 Å². The number of methoxy groups -OCH3 is 2. The van der Waals surface area contributed by atoms with Crippen molar-refractivity contribution < 1.29 is 27.4 Å². The fourth-order valence-electron chi connectivity index (χ4n) is 3.35. The van der Waals surface area contributed by atoms with Crippen molar-refractivity contribution >= 4 is 16.3 Å². The van der Waals surface area contributed by atoms with E-state index in [4.69, 9.17) is 14.2 Å². The van der Waals surface area contributed by atoms with E-state index in [1.165, 1.54) is 49.2 Å². The Bertz CT molecular complexity index is 1400. The summed E-state index contributed by atoms with van der Waals surface area (Å²) in [5.74, 6) is 1.24. The highest BCUT2D eigenvalue weighted by Crippen LogP contribution is 2.35.